The van der Waals surface area contributed by atoms with Crippen molar-refractivity contribution >= 4 is 22.8 Å². The van der Waals surface area contributed by atoms with Crippen LogP contribution in [0.3, 0.4) is 0 Å². The smallest absolute Gasteiger partial charge is 0.266 e. The summed E-state index contributed by atoms with van der Waals surface area (Å²) in [5.41, 5.74) is 1.01. The molecule has 0 bridgehead atoms. The Balaban J connectivity index is 2.70. The van der Waals surface area contributed by atoms with Crippen LogP contribution in [0.15, 0.2) is 23.4 Å². The monoisotopic (exact) mass is 214 g/mol. The van der Waals surface area contributed by atoms with E-state index in [2.05, 4.69) is 9.97 Å². The van der Waals surface area contributed by atoms with Crippen LogP contribution < -0.4 is 0 Å². The van der Waals surface area contributed by atoms with Crippen LogP contribution in [0.4, 0.5) is 8.78 Å². The van der Waals surface area contributed by atoms with Crippen molar-refractivity contribution in [3.8, 4) is 0 Å². The van der Waals surface area contributed by atoms with Crippen LogP contribution in [0.5, 0.6) is 0 Å². The molecule has 0 aliphatic rings. The van der Waals surface area contributed by atoms with Crippen molar-refractivity contribution < 1.29 is 8.78 Å². The van der Waals surface area contributed by atoms with E-state index in [4.69, 9.17) is 0 Å². The first-order chi connectivity index (χ1) is 6.72. The summed E-state index contributed by atoms with van der Waals surface area (Å²) < 4.78 is 25.3. The number of fused-ring (bicyclic) bond motifs is 1. The molecule has 1 N–H and O–H groups in total. The van der Waals surface area contributed by atoms with E-state index in [1.54, 1.807) is 0 Å². The Morgan fingerprint density at radius 2 is 2.21 bits per heavy atom. The number of aromatic amines is 1. The molecule has 0 spiro atoms. The summed E-state index contributed by atoms with van der Waals surface area (Å²) in [6, 6.07) is 3.30. The number of imidazole rings is 1. The van der Waals surface area contributed by atoms with Gasteiger partial charge in [0.05, 0.1) is 17.4 Å². The van der Waals surface area contributed by atoms with E-state index in [1.807, 2.05) is 12.3 Å². The van der Waals surface area contributed by atoms with Crippen molar-refractivity contribution in [3.63, 3.8) is 0 Å². The van der Waals surface area contributed by atoms with E-state index in [0.29, 0.717) is 11.0 Å². The van der Waals surface area contributed by atoms with Crippen molar-refractivity contribution in [2.75, 3.05) is 6.26 Å². The Morgan fingerprint density at radius 1 is 1.43 bits per heavy atom. The van der Waals surface area contributed by atoms with Crippen molar-refractivity contribution in [2.24, 2.45) is 0 Å². The maximum absolute atomic E-state index is 12.6. The second-order valence-corrected chi connectivity index (χ2v) is 3.70. The summed E-state index contributed by atoms with van der Waals surface area (Å²) in [5.74, 6) is 0. The highest BCUT2D eigenvalue weighted by atomic mass is 32.2. The minimum atomic E-state index is -2.48. The van der Waals surface area contributed by atoms with Crippen LogP contribution in [-0.2, 0) is 0 Å². The molecule has 1 aromatic heterocycles. The Labute approximate surface area is 83.7 Å². The van der Waals surface area contributed by atoms with E-state index in [0.717, 1.165) is 4.90 Å². The molecule has 5 heteroatoms. The van der Waals surface area contributed by atoms with E-state index in [-0.39, 0.29) is 5.56 Å². The second-order valence-electron chi connectivity index (χ2n) is 2.82. The third kappa shape index (κ3) is 1.48. The maximum atomic E-state index is 12.6. The van der Waals surface area contributed by atoms with Gasteiger partial charge >= 0.3 is 0 Å². The lowest BCUT2D eigenvalue weighted by atomic mass is 10.2. The molecule has 0 unspecified atom stereocenters. The number of hydrogen-bond donors (Lipinski definition) is 1. The number of nitrogens with zero attached hydrogens (tertiary/aromatic N) is 1. The molecule has 2 nitrogen and oxygen atoms in total. The molecule has 1 aromatic carbocycles. The van der Waals surface area contributed by atoms with Gasteiger partial charge in [-0.3, -0.25) is 0 Å². The zero-order valence-electron chi connectivity index (χ0n) is 7.42. The average molecular weight is 214 g/mol. The molecule has 2 rings (SSSR count). The summed E-state index contributed by atoms with van der Waals surface area (Å²) in [5, 5.41) is 0. The van der Waals surface area contributed by atoms with Crippen LogP contribution >= 0.6 is 11.8 Å². The van der Waals surface area contributed by atoms with Gasteiger partial charge in [-0.1, -0.05) is 0 Å². The van der Waals surface area contributed by atoms with Gasteiger partial charge in [0.15, 0.2) is 0 Å². The van der Waals surface area contributed by atoms with Crippen molar-refractivity contribution in [3.05, 3.63) is 24.0 Å². The highest BCUT2D eigenvalue weighted by molar-refractivity contribution is 7.98. The molecule has 0 aliphatic heterocycles. The molecule has 0 aliphatic carbocycles. The van der Waals surface area contributed by atoms with Crippen molar-refractivity contribution in [2.45, 2.75) is 11.3 Å². The fourth-order valence-corrected chi connectivity index (χ4v) is 1.81. The molecule has 74 valence electrons. The van der Waals surface area contributed by atoms with Gasteiger partial charge in [-0.15, -0.1) is 11.8 Å². The van der Waals surface area contributed by atoms with Crippen LogP contribution in [-0.4, -0.2) is 16.2 Å². The normalized spacial score (nSPS) is 11.4. The number of aromatic nitrogens is 2. The van der Waals surface area contributed by atoms with Crippen LogP contribution in [0.2, 0.25) is 0 Å². The van der Waals surface area contributed by atoms with Gasteiger partial charge in [0.2, 0.25) is 0 Å². The summed E-state index contributed by atoms with van der Waals surface area (Å²) >= 11 is 1.44. The molecular weight excluding hydrogens is 206 g/mol. The SMILES string of the molecule is CSc1cc(C(F)F)c2nc[nH]c2c1. The molecule has 1 heterocycles. The number of rotatable bonds is 2. The Bertz CT molecular complexity index is 453. The van der Waals surface area contributed by atoms with Gasteiger partial charge in [0, 0.05) is 10.5 Å². The standard InChI is InChI=1S/C9H8F2N2S/c1-14-5-2-6(9(10)11)8-7(3-5)12-4-13-8/h2-4,9H,1H3,(H,12,13). The van der Waals surface area contributed by atoms with Crippen molar-refractivity contribution in [1.29, 1.82) is 0 Å². The van der Waals surface area contributed by atoms with E-state index < -0.39 is 6.43 Å². The Morgan fingerprint density at radius 3 is 2.86 bits per heavy atom. The quantitative estimate of drug-likeness (QED) is 0.777. The summed E-state index contributed by atoms with van der Waals surface area (Å²) in [4.78, 5) is 7.52. The third-order valence-electron chi connectivity index (χ3n) is 2.00. The zero-order chi connectivity index (χ0) is 10.1. The zero-order valence-corrected chi connectivity index (χ0v) is 8.24. The van der Waals surface area contributed by atoms with E-state index >= 15 is 0 Å². The number of H-pyrrole nitrogens is 1. The number of hydrogen-bond acceptors (Lipinski definition) is 2. The van der Waals surface area contributed by atoms with E-state index in [1.165, 1.54) is 24.2 Å². The lowest BCUT2D eigenvalue weighted by Gasteiger charge is -2.03. The summed E-state index contributed by atoms with van der Waals surface area (Å²) in [7, 11) is 0. The Kier molecular flexibility index (Phi) is 2.41. The van der Waals surface area contributed by atoms with Gasteiger partial charge in [0.1, 0.15) is 0 Å². The molecule has 0 atom stereocenters. The van der Waals surface area contributed by atoms with E-state index in [9.17, 15) is 8.78 Å². The minimum Gasteiger partial charge on any atom is -0.345 e. The summed E-state index contributed by atoms with van der Waals surface area (Å²) in [6.07, 6.45) is 0.806. The predicted octanol–water partition coefficient (Wildman–Crippen LogP) is 3.22. The van der Waals surface area contributed by atoms with Gasteiger partial charge in [-0.05, 0) is 18.4 Å². The fraction of sp³-hybridized carbons (Fsp3) is 0.222. The van der Waals surface area contributed by atoms with Crippen molar-refractivity contribution in [1.82, 2.24) is 9.97 Å². The first kappa shape index (κ1) is 9.45. The molecule has 2 aromatic rings. The maximum Gasteiger partial charge on any atom is 0.266 e. The summed E-state index contributed by atoms with van der Waals surface area (Å²) in [6.45, 7) is 0. The second kappa shape index (κ2) is 3.57. The number of thioether (sulfide) groups is 1. The van der Waals surface area contributed by atoms with Crippen LogP contribution in [0, 0.1) is 0 Å². The highest BCUT2D eigenvalue weighted by Crippen LogP contribution is 2.30. The topological polar surface area (TPSA) is 28.7 Å². The lowest BCUT2D eigenvalue weighted by molar-refractivity contribution is 0.152. The molecule has 0 saturated heterocycles. The molecule has 0 saturated carbocycles. The number of halogens is 2. The Hall–Kier alpha value is -1.10. The first-order valence-corrected chi connectivity index (χ1v) is 5.24. The van der Waals surface area contributed by atoms with Gasteiger partial charge in [0.25, 0.3) is 6.43 Å². The third-order valence-corrected chi connectivity index (χ3v) is 2.70. The minimum absolute atomic E-state index is 0.00639. The molecule has 0 amide bonds. The van der Waals surface area contributed by atoms with Crippen LogP contribution in [0.25, 0.3) is 11.0 Å². The molecular formula is C9H8F2N2S. The van der Waals surface area contributed by atoms with Gasteiger partial charge in [-0.2, -0.15) is 0 Å². The highest BCUT2D eigenvalue weighted by Gasteiger charge is 2.14. The van der Waals surface area contributed by atoms with Gasteiger partial charge in [-0.25, -0.2) is 13.8 Å². The predicted molar refractivity (Wildman–Crippen MR) is 52.8 cm³/mol. The largest absolute Gasteiger partial charge is 0.345 e. The first-order valence-electron chi connectivity index (χ1n) is 4.01. The number of nitrogens with one attached hydrogen (secondary N) is 1. The fourth-order valence-electron chi connectivity index (χ4n) is 1.33. The number of benzene rings is 1. The average Bonchev–Trinajstić information content (AvgIpc) is 2.63. The lowest BCUT2D eigenvalue weighted by Crippen LogP contribution is -1.87. The molecule has 14 heavy (non-hydrogen) atoms. The van der Waals surface area contributed by atoms with Gasteiger partial charge < -0.3 is 4.98 Å². The molecule has 0 radical (unpaired) electrons. The van der Waals surface area contributed by atoms with Crippen LogP contribution in [0.1, 0.15) is 12.0 Å². The molecule has 0 fully saturated rings. The number of alkyl halides is 2.